The van der Waals surface area contributed by atoms with Crippen LogP contribution in [0.1, 0.15) is 0 Å². The van der Waals surface area contributed by atoms with Crippen LogP contribution in [0, 0.1) is 5.41 Å². The van der Waals surface area contributed by atoms with Gasteiger partial charge in [0.25, 0.3) is 0 Å². The van der Waals surface area contributed by atoms with Crippen molar-refractivity contribution in [3.8, 4) is 0 Å². The molecule has 4 aromatic carbocycles. The molecule has 21 heavy (non-hydrogen) atoms. The van der Waals surface area contributed by atoms with Gasteiger partial charge in [0.05, 0.1) is 0 Å². The van der Waals surface area contributed by atoms with Crippen molar-refractivity contribution >= 4 is 38.4 Å². The Kier molecular flexibility index (Phi) is 3.46. The van der Waals surface area contributed by atoms with E-state index in [0.29, 0.717) is 0 Å². The molecule has 4 rings (SSSR count). The summed E-state index contributed by atoms with van der Waals surface area (Å²) in [6, 6.07) is 26.0. The van der Waals surface area contributed by atoms with Crippen LogP contribution in [0.2, 0.25) is 0 Å². The third-order valence-electron chi connectivity index (χ3n) is 3.65. The predicted octanol–water partition coefficient (Wildman–Crippen LogP) is 5.05. The SMILES string of the molecule is N=C=O.c1ccc2c(c1)c1ccccc1c1ccccc21. The van der Waals surface area contributed by atoms with Gasteiger partial charge in [-0.1, -0.05) is 72.8 Å². The van der Waals surface area contributed by atoms with Crippen molar-refractivity contribution in [2.24, 2.45) is 0 Å². The number of hydrogen-bond acceptors (Lipinski definition) is 2. The van der Waals surface area contributed by atoms with Gasteiger partial charge < -0.3 is 0 Å². The monoisotopic (exact) mass is 271 g/mol. The van der Waals surface area contributed by atoms with E-state index in [9.17, 15) is 0 Å². The zero-order valence-electron chi connectivity index (χ0n) is 11.3. The van der Waals surface area contributed by atoms with Crippen LogP contribution in [0.3, 0.4) is 0 Å². The lowest BCUT2D eigenvalue weighted by Crippen LogP contribution is -1.81. The fourth-order valence-corrected chi connectivity index (χ4v) is 2.86. The largest absolute Gasteiger partial charge is 0.231 e. The molecule has 0 fully saturated rings. The molecule has 0 saturated carbocycles. The summed E-state index contributed by atoms with van der Waals surface area (Å²) >= 11 is 0. The first-order chi connectivity index (χ1) is 10.4. The van der Waals surface area contributed by atoms with E-state index < -0.39 is 0 Å². The lowest BCUT2D eigenvalue weighted by atomic mass is 9.95. The third-order valence-corrected chi connectivity index (χ3v) is 3.65. The van der Waals surface area contributed by atoms with E-state index in [1.54, 1.807) is 0 Å². The second-order valence-electron chi connectivity index (χ2n) is 4.74. The van der Waals surface area contributed by atoms with E-state index in [4.69, 9.17) is 10.2 Å². The number of rotatable bonds is 0. The van der Waals surface area contributed by atoms with Crippen LogP contribution in [-0.2, 0) is 4.79 Å². The minimum atomic E-state index is 0.750. The molecule has 0 aliphatic heterocycles. The molecule has 0 heterocycles. The zero-order valence-corrected chi connectivity index (χ0v) is 11.3. The molecule has 0 spiro atoms. The summed E-state index contributed by atoms with van der Waals surface area (Å²) in [4.78, 5) is 8.35. The van der Waals surface area contributed by atoms with Crippen molar-refractivity contribution in [1.82, 2.24) is 0 Å². The van der Waals surface area contributed by atoms with Gasteiger partial charge in [0.1, 0.15) is 0 Å². The van der Waals surface area contributed by atoms with Crippen molar-refractivity contribution in [2.45, 2.75) is 0 Å². The molecule has 0 bridgehead atoms. The van der Waals surface area contributed by atoms with Gasteiger partial charge in [-0.3, -0.25) is 0 Å². The highest BCUT2D eigenvalue weighted by atomic mass is 16.1. The summed E-state index contributed by atoms with van der Waals surface area (Å²) in [5.74, 6) is 0. The number of carbonyl (C=O) groups excluding carboxylic acids is 1. The summed E-state index contributed by atoms with van der Waals surface area (Å²) in [5, 5.41) is 13.4. The van der Waals surface area contributed by atoms with E-state index in [1.807, 2.05) is 0 Å². The normalized spacial score (nSPS) is 10.1. The Hall–Kier alpha value is -2.96. The van der Waals surface area contributed by atoms with E-state index in [-0.39, 0.29) is 0 Å². The molecular weight excluding hydrogens is 258 g/mol. The van der Waals surface area contributed by atoms with Gasteiger partial charge in [-0.25, -0.2) is 10.2 Å². The van der Waals surface area contributed by atoms with Crippen LogP contribution in [0.5, 0.6) is 0 Å². The molecule has 1 N–H and O–H groups in total. The van der Waals surface area contributed by atoms with E-state index in [1.165, 1.54) is 32.3 Å². The first-order valence-electron chi connectivity index (χ1n) is 6.69. The summed E-state index contributed by atoms with van der Waals surface area (Å²) in [6.45, 7) is 0. The van der Waals surface area contributed by atoms with Gasteiger partial charge in [0, 0.05) is 0 Å². The lowest BCUT2D eigenvalue weighted by molar-refractivity contribution is 0.563. The molecule has 0 unspecified atom stereocenters. The first-order valence-corrected chi connectivity index (χ1v) is 6.69. The number of nitrogens with one attached hydrogen (secondary N) is 1. The molecule has 0 atom stereocenters. The number of benzene rings is 4. The van der Waals surface area contributed by atoms with Crippen LogP contribution < -0.4 is 0 Å². The van der Waals surface area contributed by atoms with E-state index >= 15 is 0 Å². The quantitative estimate of drug-likeness (QED) is 0.271. The van der Waals surface area contributed by atoms with Gasteiger partial charge in [-0.2, -0.15) is 0 Å². The fourth-order valence-electron chi connectivity index (χ4n) is 2.86. The average Bonchev–Trinajstić information content (AvgIpc) is 2.56. The topological polar surface area (TPSA) is 40.9 Å². The molecule has 2 nitrogen and oxygen atoms in total. The van der Waals surface area contributed by atoms with Gasteiger partial charge >= 0.3 is 0 Å². The minimum absolute atomic E-state index is 0.750. The van der Waals surface area contributed by atoms with Crippen LogP contribution in [0.4, 0.5) is 0 Å². The zero-order chi connectivity index (χ0) is 14.7. The number of hydrogen-bond donors (Lipinski definition) is 1. The summed E-state index contributed by atoms with van der Waals surface area (Å²) in [6.07, 6.45) is 0.750. The van der Waals surface area contributed by atoms with Crippen LogP contribution in [0.25, 0.3) is 32.3 Å². The summed E-state index contributed by atoms with van der Waals surface area (Å²) < 4.78 is 0. The van der Waals surface area contributed by atoms with E-state index in [2.05, 4.69) is 72.8 Å². The Morgan fingerprint density at radius 2 is 0.667 bits per heavy atom. The van der Waals surface area contributed by atoms with Crippen LogP contribution in [-0.4, -0.2) is 6.08 Å². The van der Waals surface area contributed by atoms with Gasteiger partial charge in [-0.15, -0.1) is 0 Å². The Labute approximate surface area is 122 Å². The van der Waals surface area contributed by atoms with E-state index in [0.717, 1.165) is 6.08 Å². The van der Waals surface area contributed by atoms with Crippen molar-refractivity contribution in [3.63, 3.8) is 0 Å². The summed E-state index contributed by atoms with van der Waals surface area (Å²) in [5.41, 5.74) is 0. The minimum Gasteiger partial charge on any atom is -0.222 e. The molecular formula is C19H13NO. The highest BCUT2D eigenvalue weighted by Crippen LogP contribution is 2.34. The molecule has 0 radical (unpaired) electrons. The van der Waals surface area contributed by atoms with Crippen molar-refractivity contribution in [1.29, 1.82) is 5.41 Å². The lowest BCUT2D eigenvalue weighted by Gasteiger charge is -2.09. The van der Waals surface area contributed by atoms with Gasteiger partial charge in [0.2, 0.25) is 6.08 Å². The van der Waals surface area contributed by atoms with Gasteiger partial charge in [-0.05, 0) is 32.3 Å². The molecule has 100 valence electrons. The second-order valence-corrected chi connectivity index (χ2v) is 4.74. The molecule has 0 aliphatic rings. The maximum atomic E-state index is 8.35. The highest BCUT2D eigenvalue weighted by molar-refractivity contribution is 6.25. The Morgan fingerprint density at radius 1 is 0.524 bits per heavy atom. The Morgan fingerprint density at radius 3 is 0.810 bits per heavy atom. The standard InChI is InChI=1S/C18H12.CHNO/c1-2-8-14-13(7-1)15-9-3-4-11-17(15)18-12-6-5-10-16(14)18;2-1-3/h1-12H;2H. The third kappa shape index (κ3) is 2.18. The maximum Gasteiger partial charge on any atom is 0.231 e. The van der Waals surface area contributed by atoms with Crippen LogP contribution >= 0.6 is 0 Å². The Balaban J connectivity index is 0.000000409. The van der Waals surface area contributed by atoms with Crippen LogP contribution in [0.15, 0.2) is 72.8 Å². The molecule has 2 heteroatoms. The predicted molar refractivity (Wildman–Crippen MR) is 87.4 cm³/mol. The second kappa shape index (κ2) is 5.58. The summed E-state index contributed by atoms with van der Waals surface area (Å²) in [7, 11) is 0. The van der Waals surface area contributed by atoms with Crippen molar-refractivity contribution in [2.75, 3.05) is 0 Å². The fraction of sp³-hybridized carbons (Fsp3) is 0. The number of fused-ring (bicyclic) bond motifs is 6. The molecule has 4 aromatic rings. The maximum absolute atomic E-state index is 8.35. The molecule has 0 saturated heterocycles. The molecule has 0 amide bonds. The van der Waals surface area contributed by atoms with Crippen molar-refractivity contribution < 1.29 is 4.79 Å². The Bertz CT molecular complexity index is 746. The highest BCUT2D eigenvalue weighted by Gasteiger charge is 2.06. The van der Waals surface area contributed by atoms with Gasteiger partial charge in [0.15, 0.2) is 0 Å². The molecule has 0 aromatic heterocycles. The smallest absolute Gasteiger partial charge is 0.222 e. The van der Waals surface area contributed by atoms with Crippen molar-refractivity contribution in [3.05, 3.63) is 72.8 Å². The average molecular weight is 271 g/mol. The molecule has 0 aliphatic carbocycles. The first kappa shape index (κ1) is 13.0. The number of isocyanates is 1.